The van der Waals surface area contributed by atoms with E-state index >= 15 is 0 Å². The number of hydrogen-bond acceptors (Lipinski definition) is 5. The highest BCUT2D eigenvalue weighted by Crippen LogP contribution is 2.38. The van der Waals surface area contributed by atoms with Gasteiger partial charge >= 0.3 is 0 Å². The van der Waals surface area contributed by atoms with E-state index < -0.39 is 17.6 Å². The van der Waals surface area contributed by atoms with Crippen molar-refractivity contribution >= 4 is 11.8 Å². The molecule has 8 heteroatoms. The van der Waals surface area contributed by atoms with Crippen molar-refractivity contribution < 1.29 is 28.9 Å². The zero-order valence-corrected chi connectivity index (χ0v) is 20.0. The molecule has 0 radical (unpaired) electrons. The van der Waals surface area contributed by atoms with Crippen LogP contribution in [0.25, 0.3) is 0 Å². The highest BCUT2D eigenvalue weighted by atomic mass is 19.1. The number of halogens is 1. The quantitative estimate of drug-likeness (QED) is 0.682. The van der Waals surface area contributed by atoms with Crippen molar-refractivity contribution in [1.29, 1.82) is 0 Å². The number of hydrogen-bond donors (Lipinski definition) is 2. The third-order valence-corrected chi connectivity index (χ3v) is 7.28. The van der Waals surface area contributed by atoms with Gasteiger partial charge < -0.3 is 24.7 Å². The second kappa shape index (κ2) is 10.7. The first kappa shape index (κ1) is 25.1. The third-order valence-electron chi connectivity index (χ3n) is 7.28. The number of rotatable bonds is 2. The van der Waals surface area contributed by atoms with Crippen LogP contribution in [0.1, 0.15) is 30.4 Å². The number of likely N-dealkylation sites (tertiary alicyclic amines) is 1. The molecule has 2 N–H and O–H groups in total. The number of ether oxygens (including phenoxy) is 1. The Morgan fingerprint density at radius 3 is 2.49 bits per heavy atom. The molecule has 1 saturated heterocycles. The summed E-state index contributed by atoms with van der Waals surface area (Å²) in [6, 6.07) is 13.2. The number of aliphatic hydroxyl groups is 2. The van der Waals surface area contributed by atoms with Crippen LogP contribution in [0, 0.1) is 11.2 Å². The lowest BCUT2D eigenvalue weighted by molar-refractivity contribution is -0.138. The molecular weight excluding hydrogens is 451 g/mol. The van der Waals surface area contributed by atoms with Gasteiger partial charge in [-0.3, -0.25) is 9.59 Å². The van der Waals surface area contributed by atoms with Gasteiger partial charge in [-0.2, -0.15) is 0 Å². The molecule has 4 rings (SSSR count). The predicted molar refractivity (Wildman–Crippen MR) is 128 cm³/mol. The first-order valence-corrected chi connectivity index (χ1v) is 12.1. The van der Waals surface area contributed by atoms with E-state index in [1.165, 1.54) is 12.1 Å². The SMILES string of the molecule is CN1CC2(CCN(C(=O)Cc3ccc(F)cc3)CC2)C[C@@H](O)[C@@H](O)Cc2ccccc2OCC1=O. The molecule has 2 aliphatic heterocycles. The molecule has 1 spiro atoms. The summed E-state index contributed by atoms with van der Waals surface area (Å²) < 4.78 is 18.9. The largest absolute Gasteiger partial charge is 0.483 e. The van der Waals surface area contributed by atoms with Crippen molar-refractivity contribution in [2.45, 2.75) is 44.3 Å². The van der Waals surface area contributed by atoms with Crippen LogP contribution in [0.5, 0.6) is 5.75 Å². The molecule has 188 valence electrons. The Morgan fingerprint density at radius 1 is 1.09 bits per heavy atom. The van der Waals surface area contributed by atoms with Crippen molar-refractivity contribution in [3.63, 3.8) is 0 Å². The lowest BCUT2D eigenvalue weighted by atomic mass is 9.72. The minimum Gasteiger partial charge on any atom is -0.483 e. The monoisotopic (exact) mass is 484 g/mol. The van der Waals surface area contributed by atoms with Crippen LogP contribution in [-0.2, 0) is 22.4 Å². The molecule has 0 saturated carbocycles. The van der Waals surface area contributed by atoms with Gasteiger partial charge in [0.2, 0.25) is 5.91 Å². The Morgan fingerprint density at radius 2 is 1.77 bits per heavy atom. The highest BCUT2D eigenvalue weighted by molar-refractivity contribution is 5.79. The first-order chi connectivity index (χ1) is 16.7. The zero-order chi connectivity index (χ0) is 25.0. The molecule has 7 nitrogen and oxygen atoms in total. The molecule has 0 unspecified atom stereocenters. The van der Waals surface area contributed by atoms with Crippen LogP contribution in [-0.4, -0.2) is 77.3 Å². The van der Waals surface area contributed by atoms with E-state index in [0.717, 1.165) is 11.1 Å². The Labute approximate surface area is 205 Å². The van der Waals surface area contributed by atoms with Crippen molar-refractivity contribution in [2.75, 3.05) is 33.3 Å². The minimum absolute atomic E-state index is 0.0327. The number of benzene rings is 2. The molecule has 35 heavy (non-hydrogen) atoms. The Balaban J connectivity index is 1.47. The molecule has 2 aromatic carbocycles. The van der Waals surface area contributed by atoms with E-state index in [4.69, 9.17) is 4.74 Å². The van der Waals surface area contributed by atoms with E-state index in [1.807, 2.05) is 18.2 Å². The second-order valence-corrected chi connectivity index (χ2v) is 9.87. The summed E-state index contributed by atoms with van der Waals surface area (Å²) in [4.78, 5) is 29.1. The average Bonchev–Trinajstić information content (AvgIpc) is 2.84. The number of para-hydroxylation sites is 1. The van der Waals surface area contributed by atoms with Gasteiger partial charge in [0, 0.05) is 33.1 Å². The fraction of sp³-hybridized carbons (Fsp3) is 0.481. The van der Waals surface area contributed by atoms with E-state index in [2.05, 4.69) is 0 Å². The van der Waals surface area contributed by atoms with Gasteiger partial charge in [0.05, 0.1) is 18.6 Å². The van der Waals surface area contributed by atoms with E-state index in [1.54, 1.807) is 35.0 Å². The summed E-state index contributed by atoms with van der Waals surface area (Å²) in [5.41, 5.74) is 1.06. The summed E-state index contributed by atoms with van der Waals surface area (Å²) >= 11 is 0. The second-order valence-electron chi connectivity index (χ2n) is 9.87. The smallest absolute Gasteiger partial charge is 0.260 e. The van der Waals surface area contributed by atoms with Crippen LogP contribution in [0.3, 0.4) is 0 Å². The maximum Gasteiger partial charge on any atom is 0.260 e. The molecule has 1 fully saturated rings. The number of piperidine rings is 1. The fourth-order valence-electron chi connectivity index (χ4n) is 5.14. The van der Waals surface area contributed by atoms with Gasteiger partial charge in [0.25, 0.3) is 5.91 Å². The summed E-state index contributed by atoms with van der Waals surface area (Å²) in [5, 5.41) is 21.7. The molecule has 2 amide bonds. The van der Waals surface area contributed by atoms with Crippen LogP contribution < -0.4 is 4.74 Å². The number of aliphatic hydroxyl groups excluding tert-OH is 2. The molecule has 2 heterocycles. The Kier molecular flexibility index (Phi) is 7.72. The topological polar surface area (TPSA) is 90.3 Å². The molecule has 0 bridgehead atoms. The van der Waals surface area contributed by atoms with Crippen LogP contribution >= 0.6 is 0 Å². The lowest BCUT2D eigenvalue weighted by Gasteiger charge is -2.45. The van der Waals surface area contributed by atoms with Crippen molar-refractivity contribution in [2.24, 2.45) is 5.41 Å². The normalized spacial score (nSPS) is 23.1. The van der Waals surface area contributed by atoms with Crippen molar-refractivity contribution in [1.82, 2.24) is 9.80 Å². The number of carbonyl (C=O) groups excluding carboxylic acids is 2. The summed E-state index contributed by atoms with van der Waals surface area (Å²) in [6.45, 7) is 1.28. The number of fused-ring (bicyclic) bond motifs is 1. The highest BCUT2D eigenvalue weighted by Gasteiger charge is 2.40. The molecule has 2 atom stereocenters. The van der Waals surface area contributed by atoms with Gasteiger partial charge in [-0.1, -0.05) is 30.3 Å². The zero-order valence-electron chi connectivity index (χ0n) is 20.0. The average molecular weight is 485 g/mol. The third kappa shape index (κ3) is 6.18. The number of nitrogens with zero attached hydrogens (tertiary/aromatic N) is 2. The van der Waals surface area contributed by atoms with Gasteiger partial charge in [0.1, 0.15) is 11.6 Å². The maximum atomic E-state index is 13.2. The Hall–Kier alpha value is -2.97. The first-order valence-electron chi connectivity index (χ1n) is 12.1. The van der Waals surface area contributed by atoms with E-state index in [0.29, 0.717) is 44.6 Å². The summed E-state index contributed by atoms with van der Waals surface area (Å²) in [6.07, 6.45) is -0.0111. The summed E-state index contributed by atoms with van der Waals surface area (Å²) in [7, 11) is 1.72. The summed E-state index contributed by atoms with van der Waals surface area (Å²) in [5.74, 6) is -0.0000761. The van der Waals surface area contributed by atoms with Crippen LogP contribution in [0.2, 0.25) is 0 Å². The molecule has 2 aliphatic rings. The standard InChI is InChI=1S/C27H33FN2O5/c1-29-18-27(10-12-30(13-11-27)25(33)14-19-6-8-21(28)9-7-19)16-23(32)22(31)15-20-4-2-3-5-24(20)35-17-26(29)34/h2-9,22-23,31-32H,10-18H2,1H3/t22-,23+/m0/s1. The molecular formula is C27H33FN2O5. The number of likely N-dealkylation sites (N-methyl/N-ethyl adjacent to an activating group) is 1. The molecule has 0 aliphatic carbocycles. The molecule has 0 aromatic heterocycles. The van der Waals surface area contributed by atoms with Crippen molar-refractivity contribution in [3.8, 4) is 5.75 Å². The fourth-order valence-corrected chi connectivity index (χ4v) is 5.14. The van der Waals surface area contributed by atoms with Crippen molar-refractivity contribution in [3.05, 3.63) is 65.5 Å². The van der Waals surface area contributed by atoms with E-state index in [-0.39, 0.29) is 37.1 Å². The van der Waals surface area contributed by atoms with Gasteiger partial charge in [-0.05, 0) is 54.0 Å². The van der Waals surface area contributed by atoms with Gasteiger partial charge in [0.15, 0.2) is 6.61 Å². The van der Waals surface area contributed by atoms with Gasteiger partial charge in [-0.15, -0.1) is 0 Å². The lowest BCUT2D eigenvalue weighted by Crippen LogP contribution is -2.51. The minimum atomic E-state index is -0.979. The van der Waals surface area contributed by atoms with Gasteiger partial charge in [-0.25, -0.2) is 4.39 Å². The maximum absolute atomic E-state index is 13.2. The molecule has 2 aromatic rings. The van der Waals surface area contributed by atoms with Crippen LogP contribution in [0.15, 0.2) is 48.5 Å². The predicted octanol–water partition coefficient (Wildman–Crippen LogP) is 2.18. The number of carbonyl (C=O) groups is 2. The number of amides is 2. The van der Waals surface area contributed by atoms with E-state index in [9.17, 15) is 24.2 Å². The van der Waals surface area contributed by atoms with Crippen LogP contribution in [0.4, 0.5) is 4.39 Å². The Bertz CT molecular complexity index is 1040.